The van der Waals surface area contributed by atoms with Gasteiger partial charge in [-0.2, -0.15) is 5.10 Å². The molecule has 0 saturated heterocycles. The van der Waals surface area contributed by atoms with Crippen LogP contribution in [0.15, 0.2) is 119 Å². The average molecular weight is 570 g/mol. The lowest BCUT2D eigenvalue weighted by Crippen LogP contribution is -2.37. The summed E-state index contributed by atoms with van der Waals surface area (Å²) in [5.41, 5.74) is 5.20. The molecule has 0 aromatic heterocycles. The number of benzene rings is 4. The van der Waals surface area contributed by atoms with Crippen LogP contribution in [0.5, 0.6) is 5.75 Å². The van der Waals surface area contributed by atoms with E-state index < -0.39 is 17.8 Å². The number of hydrogen-bond donors (Lipinski definition) is 2. The molecule has 38 heavy (non-hydrogen) atoms. The Kier molecular flexibility index (Phi) is 9.15. The lowest BCUT2D eigenvalue weighted by Gasteiger charge is -2.17. The monoisotopic (exact) mass is 569 g/mol. The van der Waals surface area contributed by atoms with Crippen LogP contribution in [0.4, 0.5) is 0 Å². The first-order chi connectivity index (χ1) is 18.5. The van der Waals surface area contributed by atoms with Crippen LogP contribution in [0, 0.1) is 0 Å². The minimum Gasteiger partial charge on any atom is -0.423 e. The van der Waals surface area contributed by atoms with Crippen LogP contribution in [-0.4, -0.2) is 30.5 Å². The predicted octanol–water partition coefficient (Wildman–Crippen LogP) is 5.07. The van der Waals surface area contributed by atoms with Crippen LogP contribution in [-0.2, 0) is 9.59 Å². The molecule has 0 aliphatic carbocycles. The van der Waals surface area contributed by atoms with Crippen LogP contribution < -0.4 is 15.5 Å². The molecule has 4 rings (SSSR count). The maximum absolute atomic E-state index is 13.0. The van der Waals surface area contributed by atoms with Crippen molar-refractivity contribution in [3.63, 3.8) is 0 Å². The number of nitrogens with one attached hydrogen (secondary N) is 2. The Hall–Kier alpha value is -4.56. The minimum absolute atomic E-state index is 0.225. The lowest BCUT2D eigenvalue weighted by molar-refractivity contribution is -0.126. The van der Waals surface area contributed by atoms with Crippen LogP contribution in [0.1, 0.15) is 33.0 Å². The zero-order chi connectivity index (χ0) is 26.7. The summed E-state index contributed by atoms with van der Waals surface area (Å²) in [5.74, 6) is -1.36. The molecule has 8 heteroatoms. The van der Waals surface area contributed by atoms with Gasteiger partial charge in [0.15, 0.2) is 0 Å². The van der Waals surface area contributed by atoms with Gasteiger partial charge >= 0.3 is 5.97 Å². The summed E-state index contributed by atoms with van der Waals surface area (Å²) in [7, 11) is 0. The van der Waals surface area contributed by atoms with Gasteiger partial charge in [-0.1, -0.05) is 76.6 Å². The summed E-state index contributed by atoms with van der Waals surface area (Å²) in [5, 5.41) is 6.63. The molecule has 0 radical (unpaired) electrons. The van der Waals surface area contributed by atoms with Crippen molar-refractivity contribution < 1.29 is 19.1 Å². The molecule has 7 nitrogen and oxygen atoms in total. The summed E-state index contributed by atoms with van der Waals surface area (Å²) in [4.78, 5) is 37.5. The van der Waals surface area contributed by atoms with E-state index in [9.17, 15) is 14.4 Å². The van der Waals surface area contributed by atoms with Crippen molar-refractivity contribution in [3.8, 4) is 5.75 Å². The molecule has 0 bridgehead atoms. The van der Waals surface area contributed by atoms with E-state index >= 15 is 0 Å². The molecule has 0 unspecified atom stereocenters. The van der Waals surface area contributed by atoms with Crippen LogP contribution in [0.3, 0.4) is 0 Å². The van der Waals surface area contributed by atoms with Gasteiger partial charge in [-0.3, -0.25) is 9.59 Å². The minimum atomic E-state index is -0.537. The number of hydrazone groups is 1. The molecule has 2 N–H and O–H groups in total. The molecular weight excluding hydrogens is 546 g/mol. The first-order valence-electron chi connectivity index (χ1n) is 11.8. The molecule has 4 aromatic rings. The van der Waals surface area contributed by atoms with Gasteiger partial charge in [0, 0.05) is 4.47 Å². The normalized spacial score (nSPS) is 10.8. The number of halogens is 1. The van der Waals surface area contributed by atoms with Gasteiger partial charge in [0.05, 0.1) is 24.2 Å². The zero-order valence-electron chi connectivity index (χ0n) is 20.2. The number of esters is 1. The highest BCUT2D eigenvalue weighted by molar-refractivity contribution is 9.10. The number of carbonyl (C=O) groups excluding carboxylic acids is 3. The van der Waals surface area contributed by atoms with E-state index in [1.165, 1.54) is 6.21 Å². The van der Waals surface area contributed by atoms with Gasteiger partial charge in [0.25, 0.3) is 5.91 Å². The van der Waals surface area contributed by atoms with Crippen LogP contribution in [0.25, 0.3) is 0 Å². The smallest absolute Gasteiger partial charge is 0.343 e. The second-order valence-electron chi connectivity index (χ2n) is 8.23. The molecule has 0 heterocycles. The Labute approximate surface area is 228 Å². The van der Waals surface area contributed by atoms with E-state index in [2.05, 4.69) is 31.8 Å². The number of carbonyl (C=O) groups is 3. The number of nitrogens with zero attached hydrogens (tertiary/aromatic N) is 1. The molecule has 0 aliphatic heterocycles. The predicted molar refractivity (Wildman–Crippen MR) is 149 cm³/mol. The molecule has 190 valence electrons. The van der Waals surface area contributed by atoms with E-state index in [4.69, 9.17) is 4.74 Å². The largest absolute Gasteiger partial charge is 0.423 e. The molecule has 2 amide bonds. The molecule has 4 aromatic carbocycles. The lowest BCUT2D eigenvalue weighted by atomic mass is 9.90. The number of hydrogen-bond acceptors (Lipinski definition) is 5. The second-order valence-corrected chi connectivity index (χ2v) is 9.15. The topological polar surface area (TPSA) is 96.9 Å². The van der Waals surface area contributed by atoms with Gasteiger partial charge in [-0.15, -0.1) is 0 Å². The van der Waals surface area contributed by atoms with Gasteiger partial charge in [0.1, 0.15) is 5.75 Å². The average Bonchev–Trinajstić information content (AvgIpc) is 2.94. The third-order valence-corrected chi connectivity index (χ3v) is 6.05. The van der Waals surface area contributed by atoms with Crippen molar-refractivity contribution in [2.45, 2.75) is 5.92 Å². The van der Waals surface area contributed by atoms with Gasteiger partial charge in [-0.25, -0.2) is 10.2 Å². The molecule has 0 spiro atoms. The van der Waals surface area contributed by atoms with E-state index in [1.807, 2.05) is 60.7 Å². The molecule has 0 atom stereocenters. The standard InChI is InChI=1S/C30H24BrN3O4/c31-25-15-13-24(14-16-25)30(37)38-26-17-11-21(12-18-26)19-33-34-27(35)20-32-29(36)28(22-7-3-1-4-8-22)23-9-5-2-6-10-23/h1-19,28H,20H2,(H,32,36)(H,34,35)/b33-19-. The Morgan fingerprint density at radius 3 is 1.95 bits per heavy atom. The maximum atomic E-state index is 13.0. The van der Waals surface area contributed by atoms with Crippen molar-refractivity contribution >= 4 is 39.9 Å². The van der Waals surface area contributed by atoms with Crippen molar-refractivity contribution in [1.29, 1.82) is 0 Å². The van der Waals surface area contributed by atoms with Crippen molar-refractivity contribution in [3.05, 3.63) is 136 Å². The van der Waals surface area contributed by atoms with Gasteiger partial charge < -0.3 is 10.1 Å². The maximum Gasteiger partial charge on any atom is 0.343 e. The zero-order valence-corrected chi connectivity index (χ0v) is 21.8. The summed E-state index contributed by atoms with van der Waals surface area (Å²) in [6.07, 6.45) is 1.46. The quantitative estimate of drug-likeness (QED) is 0.127. The Morgan fingerprint density at radius 1 is 0.789 bits per heavy atom. The molecular formula is C30H24BrN3O4. The van der Waals surface area contributed by atoms with E-state index in [1.54, 1.807) is 48.5 Å². The van der Waals surface area contributed by atoms with Crippen LogP contribution in [0.2, 0.25) is 0 Å². The van der Waals surface area contributed by atoms with Crippen molar-refractivity contribution in [2.24, 2.45) is 5.10 Å². The van der Waals surface area contributed by atoms with Crippen molar-refractivity contribution in [1.82, 2.24) is 10.7 Å². The number of ether oxygens (including phenoxy) is 1. The third kappa shape index (κ3) is 7.47. The van der Waals surface area contributed by atoms with E-state index in [-0.39, 0.29) is 12.5 Å². The number of amides is 2. The highest BCUT2D eigenvalue weighted by atomic mass is 79.9. The fourth-order valence-electron chi connectivity index (χ4n) is 3.65. The van der Waals surface area contributed by atoms with E-state index in [0.717, 1.165) is 15.6 Å². The summed E-state index contributed by atoms with van der Waals surface area (Å²) < 4.78 is 6.24. The Bertz CT molecular complexity index is 1370. The Balaban J connectivity index is 1.28. The molecule has 0 fully saturated rings. The molecule has 0 saturated carbocycles. The summed E-state index contributed by atoms with van der Waals surface area (Å²) in [6, 6.07) is 32.3. The molecule has 0 aliphatic rings. The first kappa shape index (κ1) is 26.5. The number of rotatable bonds is 9. The van der Waals surface area contributed by atoms with Gasteiger partial charge in [0.2, 0.25) is 5.91 Å². The van der Waals surface area contributed by atoms with Crippen molar-refractivity contribution in [2.75, 3.05) is 6.54 Å². The first-order valence-corrected chi connectivity index (χ1v) is 12.6. The third-order valence-electron chi connectivity index (χ3n) is 5.52. The van der Waals surface area contributed by atoms with Gasteiger partial charge in [-0.05, 0) is 65.2 Å². The second kappa shape index (κ2) is 13.1. The van der Waals surface area contributed by atoms with E-state index in [0.29, 0.717) is 16.9 Å². The van der Waals surface area contributed by atoms with Crippen LogP contribution >= 0.6 is 15.9 Å². The fourth-order valence-corrected chi connectivity index (χ4v) is 3.91. The fraction of sp³-hybridized carbons (Fsp3) is 0.0667. The summed E-state index contributed by atoms with van der Waals surface area (Å²) >= 11 is 3.33. The Morgan fingerprint density at radius 2 is 1.37 bits per heavy atom. The SMILES string of the molecule is O=C(CNC(=O)C(c1ccccc1)c1ccccc1)N/N=C\c1ccc(OC(=O)c2ccc(Br)cc2)cc1. The highest BCUT2D eigenvalue weighted by Crippen LogP contribution is 2.24. The highest BCUT2D eigenvalue weighted by Gasteiger charge is 2.22. The summed E-state index contributed by atoms with van der Waals surface area (Å²) in [6.45, 7) is -0.225.